The van der Waals surface area contributed by atoms with Crippen molar-refractivity contribution in [2.45, 2.75) is 57.5 Å². The number of carbonyl (C=O) groups excluding carboxylic acids is 1. The Bertz CT molecular complexity index is 545. The fourth-order valence-electron chi connectivity index (χ4n) is 4.08. The molecule has 1 saturated heterocycles. The lowest BCUT2D eigenvalue weighted by Gasteiger charge is -2.36. The van der Waals surface area contributed by atoms with Gasteiger partial charge in [0.15, 0.2) is 6.04 Å². The fraction of sp³-hybridized carbons (Fsp3) is 0.650. The molecule has 0 bridgehead atoms. The SMILES string of the molecule is C[C@@H](C(=O)NC1CCCCCC1)[NH+]1CCN(c2ccc(O)cc2)CC1. The zero-order valence-electron chi connectivity index (χ0n) is 15.3. The van der Waals surface area contributed by atoms with Crippen LogP contribution in [0.2, 0.25) is 0 Å². The monoisotopic (exact) mass is 346 g/mol. The van der Waals surface area contributed by atoms with E-state index in [9.17, 15) is 9.90 Å². The van der Waals surface area contributed by atoms with Crippen molar-refractivity contribution < 1.29 is 14.8 Å². The zero-order valence-corrected chi connectivity index (χ0v) is 15.3. The molecular formula is C20H32N3O2+. The van der Waals surface area contributed by atoms with E-state index in [0.29, 0.717) is 11.8 Å². The van der Waals surface area contributed by atoms with Crippen LogP contribution in [0.4, 0.5) is 5.69 Å². The first kappa shape index (κ1) is 18.1. The number of hydrogen-bond donors (Lipinski definition) is 3. The Morgan fingerprint density at radius 1 is 1.12 bits per heavy atom. The number of rotatable bonds is 4. The fourth-order valence-corrected chi connectivity index (χ4v) is 4.08. The summed E-state index contributed by atoms with van der Waals surface area (Å²) in [4.78, 5) is 16.3. The van der Waals surface area contributed by atoms with Crippen molar-refractivity contribution in [3.05, 3.63) is 24.3 Å². The lowest BCUT2D eigenvalue weighted by Crippen LogP contribution is -3.19. The molecule has 1 amide bonds. The minimum Gasteiger partial charge on any atom is -0.508 e. The van der Waals surface area contributed by atoms with E-state index in [0.717, 1.165) is 44.7 Å². The van der Waals surface area contributed by atoms with Crippen LogP contribution in [0.5, 0.6) is 5.75 Å². The zero-order chi connectivity index (χ0) is 17.6. The standard InChI is InChI=1S/C20H31N3O2/c1-16(20(25)21-17-6-4-2-3-5-7-17)22-12-14-23(15-13-22)18-8-10-19(24)11-9-18/h8-11,16-17,24H,2-7,12-15H2,1H3,(H,21,25)/p+1/t16-/m0/s1. The minimum absolute atomic E-state index is 0.0187. The van der Waals surface area contributed by atoms with Gasteiger partial charge in [0, 0.05) is 11.7 Å². The summed E-state index contributed by atoms with van der Waals surface area (Å²) in [6.45, 7) is 5.90. The van der Waals surface area contributed by atoms with Crippen LogP contribution < -0.4 is 15.1 Å². The normalized spacial score (nSPS) is 21.6. The van der Waals surface area contributed by atoms with Crippen LogP contribution >= 0.6 is 0 Å². The highest BCUT2D eigenvalue weighted by atomic mass is 16.3. The maximum absolute atomic E-state index is 12.6. The Balaban J connectivity index is 1.48. The second-order valence-electron chi connectivity index (χ2n) is 7.58. The van der Waals surface area contributed by atoms with Gasteiger partial charge in [-0.1, -0.05) is 25.7 Å². The number of nitrogens with one attached hydrogen (secondary N) is 2. The van der Waals surface area contributed by atoms with Crippen molar-refractivity contribution >= 4 is 11.6 Å². The molecule has 0 spiro atoms. The molecule has 3 N–H and O–H groups in total. The first-order chi connectivity index (χ1) is 12.1. The van der Waals surface area contributed by atoms with E-state index in [1.165, 1.54) is 30.6 Å². The Labute approximate surface area is 151 Å². The van der Waals surface area contributed by atoms with Crippen LogP contribution in [0.25, 0.3) is 0 Å². The number of amides is 1. The molecule has 1 atom stereocenters. The van der Waals surface area contributed by atoms with Crippen molar-refractivity contribution in [2.75, 3.05) is 31.1 Å². The van der Waals surface area contributed by atoms with Gasteiger partial charge < -0.3 is 20.2 Å². The summed E-state index contributed by atoms with van der Waals surface area (Å²) in [5.41, 5.74) is 1.15. The van der Waals surface area contributed by atoms with E-state index in [-0.39, 0.29) is 11.9 Å². The molecule has 0 aromatic heterocycles. The number of aromatic hydroxyl groups is 1. The number of benzene rings is 1. The molecule has 1 saturated carbocycles. The lowest BCUT2D eigenvalue weighted by molar-refractivity contribution is -0.914. The van der Waals surface area contributed by atoms with E-state index >= 15 is 0 Å². The Morgan fingerprint density at radius 3 is 2.32 bits per heavy atom. The van der Waals surface area contributed by atoms with Gasteiger partial charge in [0.25, 0.3) is 5.91 Å². The molecular weight excluding hydrogens is 314 g/mol. The quantitative estimate of drug-likeness (QED) is 0.721. The van der Waals surface area contributed by atoms with Gasteiger partial charge in [0.1, 0.15) is 5.75 Å². The second-order valence-corrected chi connectivity index (χ2v) is 7.58. The minimum atomic E-state index is 0.0187. The molecule has 2 aliphatic rings. The number of phenolic OH excluding ortho intramolecular Hbond substituents is 1. The average Bonchev–Trinajstić information content (AvgIpc) is 2.90. The third-order valence-corrected chi connectivity index (χ3v) is 5.83. The molecule has 5 heteroatoms. The summed E-state index contributed by atoms with van der Waals surface area (Å²) in [5.74, 6) is 0.525. The number of nitrogens with zero attached hydrogens (tertiary/aromatic N) is 1. The van der Waals surface area contributed by atoms with Crippen molar-refractivity contribution in [1.82, 2.24) is 5.32 Å². The van der Waals surface area contributed by atoms with Crippen LogP contribution in [-0.2, 0) is 4.79 Å². The Hall–Kier alpha value is -1.75. The Kier molecular flexibility index (Phi) is 6.19. The maximum Gasteiger partial charge on any atom is 0.278 e. The van der Waals surface area contributed by atoms with Crippen molar-refractivity contribution in [1.29, 1.82) is 0 Å². The summed E-state index contributed by atoms with van der Waals surface area (Å²) < 4.78 is 0. The third-order valence-electron chi connectivity index (χ3n) is 5.83. The molecule has 5 nitrogen and oxygen atoms in total. The number of carbonyl (C=O) groups is 1. The molecule has 1 aliphatic carbocycles. The molecule has 1 aromatic rings. The lowest BCUT2D eigenvalue weighted by atomic mass is 10.1. The number of quaternary nitrogens is 1. The molecule has 1 aromatic carbocycles. The van der Waals surface area contributed by atoms with Crippen molar-refractivity contribution in [3.63, 3.8) is 0 Å². The van der Waals surface area contributed by atoms with Gasteiger partial charge in [-0.25, -0.2) is 0 Å². The molecule has 1 heterocycles. The van der Waals surface area contributed by atoms with E-state index in [2.05, 4.69) is 17.1 Å². The van der Waals surface area contributed by atoms with E-state index in [1.54, 1.807) is 12.1 Å². The van der Waals surface area contributed by atoms with Crippen LogP contribution in [0, 0.1) is 0 Å². The highest BCUT2D eigenvalue weighted by Crippen LogP contribution is 2.18. The predicted octanol–water partition coefficient (Wildman–Crippen LogP) is 1.32. The highest BCUT2D eigenvalue weighted by molar-refractivity contribution is 5.80. The van der Waals surface area contributed by atoms with Gasteiger partial charge in [-0.15, -0.1) is 0 Å². The van der Waals surface area contributed by atoms with E-state index in [1.807, 2.05) is 12.1 Å². The first-order valence-corrected chi connectivity index (χ1v) is 9.82. The summed E-state index contributed by atoms with van der Waals surface area (Å²) in [6.07, 6.45) is 7.40. The van der Waals surface area contributed by atoms with E-state index in [4.69, 9.17) is 0 Å². The first-order valence-electron chi connectivity index (χ1n) is 9.82. The van der Waals surface area contributed by atoms with Crippen LogP contribution in [-0.4, -0.2) is 49.3 Å². The topological polar surface area (TPSA) is 57.0 Å². The largest absolute Gasteiger partial charge is 0.508 e. The smallest absolute Gasteiger partial charge is 0.278 e. The van der Waals surface area contributed by atoms with Crippen LogP contribution in [0.1, 0.15) is 45.4 Å². The Morgan fingerprint density at radius 2 is 1.72 bits per heavy atom. The van der Waals surface area contributed by atoms with Crippen molar-refractivity contribution in [2.24, 2.45) is 0 Å². The molecule has 3 rings (SSSR count). The third kappa shape index (κ3) is 4.88. The molecule has 2 fully saturated rings. The van der Waals surface area contributed by atoms with Gasteiger partial charge in [0.05, 0.1) is 26.2 Å². The van der Waals surface area contributed by atoms with Gasteiger partial charge >= 0.3 is 0 Å². The molecule has 0 unspecified atom stereocenters. The van der Waals surface area contributed by atoms with Gasteiger partial charge in [-0.05, 0) is 44.0 Å². The second kappa shape index (κ2) is 8.56. The van der Waals surface area contributed by atoms with Crippen molar-refractivity contribution in [3.8, 4) is 5.75 Å². The average molecular weight is 346 g/mol. The molecule has 1 aliphatic heterocycles. The molecule has 25 heavy (non-hydrogen) atoms. The predicted molar refractivity (Wildman–Crippen MR) is 100 cm³/mol. The summed E-state index contributed by atoms with van der Waals surface area (Å²) in [5, 5.41) is 12.7. The number of piperazine rings is 1. The van der Waals surface area contributed by atoms with Crippen LogP contribution in [0.3, 0.4) is 0 Å². The molecule has 138 valence electrons. The summed E-state index contributed by atoms with van der Waals surface area (Å²) in [7, 11) is 0. The number of phenols is 1. The van der Waals surface area contributed by atoms with Gasteiger partial charge in [0.2, 0.25) is 0 Å². The van der Waals surface area contributed by atoms with Gasteiger partial charge in [-0.2, -0.15) is 0 Å². The van der Waals surface area contributed by atoms with Gasteiger partial charge in [-0.3, -0.25) is 4.79 Å². The highest BCUT2D eigenvalue weighted by Gasteiger charge is 2.30. The summed E-state index contributed by atoms with van der Waals surface area (Å²) in [6, 6.07) is 7.79. The summed E-state index contributed by atoms with van der Waals surface area (Å²) >= 11 is 0. The maximum atomic E-state index is 12.6. The number of hydrogen-bond acceptors (Lipinski definition) is 3. The molecule has 0 radical (unpaired) electrons. The number of anilines is 1. The van der Waals surface area contributed by atoms with Crippen LogP contribution in [0.15, 0.2) is 24.3 Å². The van der Waals surface area contributed by atoms with E-state index < -0.39 is 0 Å².